The number of carbonyl (C=O) groups excluding carboxylic acids is 1. The van der Waals surface area contributed by atoms with E-state index in [1.807, 2.05) is 0 Å². The van der Waals surface area contributed by atoms with Crippen LogP contribution in [0.25, 0.3) is 0 Å². The summed E-state index contributed by atoms with van der Waals surface area (Å²) in [6.07, 6.45) is 1.55. The van der Waals surface area contributed by atoms with E-state index in [0.29, 0.717) is 21.4 Å². The monoisotopic (exact) mass is 403 g/mol. The molecule has 19 heavy (non-hydrogen) atoms. The van der Waals surface area contributed by atoms with Crippen LogP contribution in [0.5, 0.6) is 0 Å². The molecule has 0 aliphatic carbocycles. The van der Waals surface area contributed by atoms with Gasteiger partial charge in [0.25, 0.3) is 5.91 Å². The highest BCUT2D eigenvalue weighted by molar-refractivity contribution is 9.10. The van der Waals surface area contributed by atoms with Gasteiger partial charge in [-0.2, -0.15) is 0 Å². The molecule has 7 heteroatoms. The van der Waals surface area contributed by atoms with Crippen molar-refractivity contribution in [2.24, 2.45) is 0 Å². The third-order valence-electron chi connectivity index (χ3n) is 2.32. The molecule has 1 aromatic heterocycles. The Labute approximate surface area is 131 Å². The smallest absolute Gasteiger partial charge is 0.255 e. The summed E-state index contributed by atoms with van der Waals surface area (Å²) in [4.78, 5) is 16.0. The molecule has 1 amide bonds. The Morgan fingerprint density at radius 2 is 2.05 bits per heavy atom. The highest BCUT2D eigenvalue weighted by Gasteiger charge is 2.11. The summed E-state index contributed by atoms with van der Waals surface area (Å²) < 4.78 is 1.39. The molecule has 0 aliphatic rings. The molecule has 1 aromatic carbocycles. The molecule has 0 saturated heterocycles. The zero-order chi connectivity index (χ0) is 14.0. The van der Waals surface area contributed by atoms with Crippen molar-refractivity contribution in [3.8, 4) is 0 Å². The zero-order valence-electron chi connectivity index (χ0n) is 9.45. The third-order valence-corrected chi connectivity index (χ3v) is 3.74. The van der Waals surface area contributed by atoms with Crippen molar-refractivity contribution >= 4 is 60.7 Å². The van der Waals surface area contributed by atoms with Gasteiger partial charge in [0, 0.05) is 26.4 Å². The van der Waals surface area contributed by atoms with Gasteiger partial charge in [-0.05, 0) is 56.1 Å². The van der Waals surface area contributed by atoms with Crippen LogP contribution in [-0.4, -0.2) is 10.9 Å². The van der Waals surface area contributed by atoms with Crippen molar-refractivity contribution in [1.29, 1.82) is 0 Å². The number of amides is 1. The predicted molar refractivity (Wildman–Crippen MR) is 83.5 cm³/mol. The molecule has 0 spiro atoms. The summed E-state index contributed by atoms with van der Waals surface area (Å²) in [7, 11) is 0. The van der Waals surface area contributed by atoms with Crippen molar-refractivity contribution in [2.45, 2.75) is 0 Å². The topological polar surface area (TPSA) is 68.0 Å². The number of anilines is 2. The number of pyridine rings is 1. The predicted octanol–water partition coefficient (Wildman–Crippen LogP) is 4.09. The second-order valence-corrected chi connectivity index (χ2v) is 5.81. The Morgan fingerprint density at radius 3 is 2.74 bits per heavy atom. The van der Waals surface area contributed by atoms with Gasteiger partial charge < -0.3 is 11.1 Å². The highest BCUT2D eigenvalue weighted by Crippen LogP contribution is 2.25. The molecule has 0 radical (unpaired) electrons. The normalized spacial score (nSPS) is 10.3. The molecule has 1 heterocycles. The SMILES string of the molecule is Nc1ccc(C(=O)Nc2cc(Br)cnc2Cl)cc1Br. The lowest BCUT2D eigenvalue weighted by Gasteiger charge is -2.08. The quantitative estimate of drug-likeness (QED) is 0.584. The second-order valence-electron chi connectivity index (χ2n) is 3.68. The molecule has 3 N–H and O–H groups in total. The maximum Gasteiger partial charge on any atom is 0.255 e. The van der Waals surface area contributed by atoms with Gasteiger partial charge in [-0.15, -0.1) is 0 Å². The first-order valence-corrected chi connectivity index (χ1v) is 7.11. The van der Waals surface area contributed by atoms with Gasteiger partial charge in [-0.1, -0.05) is 11.6 Å². The van der Waals surface area contributed by atoms with Crippen LogP contribution >= 0.6 is 43.5 Å². The van der Waals surface area contributed by atoms with Gasteiger partial charge in [0.1, 0.15) is 0 Å². The lowest BCUT2D eigenvalue weighted by Crippen LogP contribution is -2.12. The summed E-state index contributed by atoms with van der Waals surface area (Å²) >= 11 is 12.5. The van der Waals surface area contributed by atoms with E-state index >= 15 is 0 Å². The first-order valence-electron chi connectivity index (χ1n) is 5.15. The first kappa shape index (κ1) is 14.3. The fourth-order valence-electron chi connectivity index (χ4n) is 1.37. The number of aromatic nitrogens is 1. The third kappa shape index (κ3) is 3.46. The van der Waals surface area contributed by atoms with Crippen molar-refractivity contribution < 1.29 is 4.79 Å². The van der Waals surface area contributed by atoms with Gasteiger partial charge >= 0.3 is 0 Å². The fourth-order valence-corrected chi connectivity index (χ4v) is 2.23. The lowest BCUT2D eigenvalue weighted by molar-refractivity contribution is 0.102. The minimum Gasteiger partial charge on any atom is -0.398 e. The van der Waals surface area contributed by atoms with Crippen LogP contribution in [0.15, 0.2) is 39.4 Å². The van der Waals surface area contributed by atoms with Gasteiger partial charge in [0.05, 0.1) is 5.69 Å². The molecule has 0 atom stereocenters. The minimum atomic E-state index is -0.289. The van der Waals surface area contributed by atoms with Gasteiger partial charge in [0.15, 0.2) is 5.15 Å². The van der Waals surface area contributed by atoms with Crippen molar-refractivity contribution in [2.75, 3.05) is 11.1 Å². The summed E-state index contributed by atoms with van der Waals surface area (Å²) in [5.74, 6) is -0.289. The lowest BCUT2D eigenvalue weighted by atomic mass is 10.2. The Balaban J connectivity index is 2.25. The average molecular weight is 405 g/mol. The Hall–Kier alpha value is -1.11. The Kier molecular flexibility index (Phi) is 4.44. The molecule has 0 saturated carbocycles. The van der Waals surface area contributed by atoms with Crippen LogP contribution in [-0.2, 0) is 0 Å². The largest absolute Gasteiger partial charge is 0.398 e. The Morgan fingerprint density at radius 1 is 1.32 bits per heavy atom. The van der Waals surface area contributed by atoms with Gasteiger partial charge in [0.2, 0.25) is 0 Å². The highest BCUT2D eigenvalue weighted by atomic mass is 79.9. The number of nitrogen functional groups attached to an aromatic ring is 1. The van der Waals surface area contributed by atoms with Crippen LogP contribution < -0.4 is 11.1 Å². The molecule has 0 fully saturated rings. The minimum absolute atomic E-state index is 0.228. The number of rotatable bonds is 2. The van der Waals surface area contributed by atoms with Crippen LogP contribution in [0.3, 0.4) is 0 Å². The maximum absolute atomic E-state index is 12.1. The average Bonchev–Trinajstić information content (AvgIpc) is 2.37. The summed E-state index contributed by atoms with van der Waals surface area (Å²) in [6, 6.07) is 6.61. The number of benzene rings is 1. The van der Waals surface area contributed by atoms with Crippen LogP contribution in [0, 0.1) is 0 Å². The number of nitrogens with two attached hydrogens (primary N) is 1. The van der Waals surface area contributed by atoms with E-state index in [1.54, 1.807) is 30.5 Å². The fraction of sp³-hybridized carbons (Fsp3) is 0. The standard InChI is InChI=1S/C12H8Br2ClN3O/c13-7-4-10(11(15)17-5-7)18-12(19)6-1-2-9(16)8(14)3-6/h1-5H,16H2,(H,18,19). The van der Waals surface area contributed by atoms with E-state index in [0.717, 1.165) is 4.47 Å². The number of nitrogens with one attached hydrogen (secondary N) is 1. The van der Waals surface area contributed by atoms with E-state index in [2.05, 4.69) is 42.2 Å². The van der Waals surface area contributed by atoms with Crippen molar-refractivity contribution in [3.63, 3.8) is 0 Å². The van der Waals surface area contributed by atoms with E-state index in [4.69, 9.17) is 17.3 Å². The van der Waals surface area contributed by atoms with E-state index in [-0.39, 0.29) is 11.1 Å². The number of nitrogens with zero attached hydrogens (tertiary/aromatic N) is 1. The molecule has 98 valence electrons. The van der Waals surface area contributed by atoms with Gasteiger partial charge in [-0.25, -0.2) is 4.98 Å². The van der Waals surface area contributed by atoms with Crippen molar-refractivity contribution in [3.05, 3.63) is 50.1 Å². The summed E-state index contributed by atoms with van der Waals surface area (Å²) in [5, 5.41) is 2.92. The number of halogens is 3. The second kappa shape index (κ2) is 5.90. The number of carbonyl (C=O) groups is 1. The molecule has 0 bridgehead atoms. The Bertz CT molecular complexity index is 649. The summed E-state index contributed by atoms with van der Waals surface area (Å²) in [6.45, 7) is 0. The molecular weight excluding hydrogens is 397 g/mol. The molecule has 4 nitrogen and oxygen atoms in total. The van der Waals surface area contributed by atoms with Crippen LogP contribution in [0.2, 0.25) is 5.15 Å². The maximum atomic E-state index is 12.1. The van der Waals surface area contributed by atoms with E-state index < -0.39 is 0 Å². The number of hydrogen-bond donors (Lipinski definition) is 2. The number of hydrogen-bond acceptors (Lipinski definition) is 3. The van der Waals surface area contributed by atoms with Crippen LogP contribution in [0.1, 0.15) is 10.4 Å². The van der Waals surface area contributed by atoms with Gasteiger partial charge in [-0.3, -0.25) is 4.79 Å². The van der Waals surface area contributed by atoms with Crippen LogP contribution in [0.4, 0.5) is 11.4 Å². The van der Waals surface area contributed by atoms with E-state index in [1.165, 1.54) is 0 Å². The molecule has 2 rings (SSSR count). The van der Waals surface area contributed by atoms with Crippen molar-refractivity contribution in [1.82, 2.24) is 4.98 Å². The molecule has 0 unspecified atom stereocenters. The molecular formula is C12H8Br2ClN3O. The zero-order valence-corrected chi connectivity index (χ0v) is 13.4. The van der Waals surface area contributed by atoms with E-state index in [9.17, 15) is 4.79 Å². The summed E-state index contributed by atoms with van der Waals surface area (Å²) in [5.41, 5.74) is 7.15. The molecule has 2 aromatic rings. The molecule has 0 aliphatic heterocycles. The first-order chi connectivity index (χ1) is 8.97.